The van der Waals surface area contributed by atoms with E-state index >= 15 is 0 Å². The largest absolute Gasteiger partial charge is 0.355 e. The highest BCUT2D eigenvalue weighted by Gasteiger charge is 2.31. The molecule has 1 saturated heterocycles. The van der Waals surface area contributed by atoms with Gasteiger partial charge in [-0.15, -0.1) is 0 Å². The summed E-state index contributed by atoms with van der Waals surface area (Å²) in [6, 6.07) is 2.26. The van der Waals surface area contributed by atoms with E-state index in [1.54, 1.807) is 0 Å². The summed E-state index contributed by atoms with van der Waals surface area (Å²) in [4.78, 5) is 11.2. The Hall–Kier alpha value is -2.06. The summed E-state index contributed by atoms with van der Waals surface area (Å²) in [6.45, 7) is 10.9. The zero-order valence-corrected chi connectivity index (χ0v) is 15.3. The predicted molar refractivity (Wildman–Crippen MR) is 95.5 cm³/mol. The van der Waals surface area contributed by atoms with Gasteiger partial charge >= 0.3 is 0 Å². The molecule has 0 saturated carbocycles. The first kappa shape index (κ1) is 16.8. The van der Waals surface area contributed by atoms with Gasteiger partial charge < -0.3 is 9.47 Å². The number of aryl methyl sites for hydroxylation is 1. The van der Waals surface area contributed by atoms with Crippen LogP contribution in [0.3, 0.4) is 0 Å². The van der Waals surface area contributed by atoms with Crippen molar-refractivity contribution in [1.82, 2.24) is 14.5 Å². The van der Waals surface area contributed by atoms with Crippen molar-refractivity contribution in [1.29, 1.82) is 5.26 Å². The first-order valence-corrected chi connectivity index (χ1v) is 8.63. The van der Waals surface area contributed by atoms with Gasteiger partial charge in [-0.2, -0.15) is 5.26 Å². The lowest BCUT2D eigenvalue weighted by Crippen LogP contribution is -2.49. The average molecular weight is 344 g/mol. The molecule has 0 spiro atoms. The second kappa shape index (κ2) is 6.45. The van der Waals surface area contributed by atoms with E-state index in [1.165, 1.54) is 0 Å². The number of aromatic nitrogens is 3. The summed E-state index contributed by atoms with van der Waals surface area (Å²) < 4.78 is 2.24. The zero-order valence-electron chi connectivity index (χ0n) is 14.5. The van der Waals surface area contributed by atoms with Crippen molar-refractivity contribution in [2.24, 2.45) is 5.92 Å². The van der Waals surface area contributed by atoms with Crippen LogP contribution in [0.5, 0.6) is 0 Å². The number of nitrogens with zero attached hydrogens (tertiary/aromatic N) is 5. The van der Waals surface area contributed by atoms with E-state index in [-0.39, 0.29) is 0 Å². The van der Waals surface area contributed by atoms with Crippen molar-refractivity contribution in [3.05, 3.63) is 40.1 Å². The molecule has 1 aliphatic heterocycles. The van der Waals surface area contributed by atoms with E-state index < -0.39 is 0 Å². The van der Waals surface area contributed by atoms with Crippen LogP contribution >= 0.6 is 11.6 Å². The van der Waals surface area contributed by atoms with E-state index in [1.807, 2.05) is 26.2 Å². The van der Waals surface area contributed by atoms with Gasteiger partial charge in [-0.1, -0.05) is 25.4 Å². The van der Waals surface area contributed by atoms with Crippen LogP contribution in [0, 0.1) is 31.1 Å². The molecular weight excluding hydrogens is 322 g/mol. The molecule has 0 radical (unpaired) electrons. The van der Waals surface area contributed by atoms with Crippen molar-refractivity contribution >= 4 is 17.4 Å². The molecule has 1 fully saturated rings. The van der Waals surface area contributed by atoms with Gasteiger partial charge in [0.1, 0.15) is 17.7 Å². The summed E-state index contributed by atoms with van der Waals surface area (Å²) in [5.74, 6) is 2.86. The summed E-state index contributed by atoms with van der Waals surface area (Å²) in [7, 11) is 0. The minimum absolute atomic E-state index is 0.421. The Labute approximate surface area is 147 Å². The molecular formula is C18H22ClN5. The van der Waals surface area contributed by atoms with E-state index in [9.17, 15) is 5.26 Å². The molecule has 0 aliphatic carbocycles. The van der Waals surface area contributed by atoms with Crippen LogP contribution in [0.4, 0.5) is 5.82 Å². The van der Waals surface area contributed by atoms with Crippen LogP contribution in [-0.4, -0.2) is 27.6 Å². The number of hydrogen-bond donors (Lipinski definition) is 0. The maximum absolute atomic E-state index is 9.47. The Kier molecular flexibility index (Phi) is 4.51. The fraction of sp³-hybridized carbons (Fsp3) is 0.500. The van der Waals surface area contributed by atoms with Crippen molar-refractivity contribution in [3.8, 4) is 6.07 Å². The molecule has 3 rings (SSSR count). The third-order valence-corrected chi connectivity index (χ3v) is 5.16. The maximum Gasteiger partial charge on any atom is 0.147 e. The van der Waals surface area contributed by atoms with E-state index in [4.69, 9.17) is 11.6 Å². The lowest BCUT2D eigenvalue weighted by Gasteiger charge is -2.41. The Morgan fingerprint density at radius 1 is 1.38 bits per heavy atom. The van der Waals surface area contributed by atoms with Crippen LogP contribution in [0.15, 0.2) is 12.4 Å². The standard InChI is InChI=1S/C18H22ClN5/c1-11(2)17-21-5-6-23(17)8-14-9-24(10-14)18-15(7-20)12(3)16(19)13(4)22-18/h5-6,11,14H,8-10H2,1-4H3. The van der Waals surface area contributed by atoms with Gasteiger partial charge in [0.2, 0.25) is 0 Å². The fourth-order valence-corrected chi connectivity index (χ4v) is 3.42. The van der Waals surface area contributed by atoms with E-state index in [2.05, 4.69) is 39.4 Å². The van der Waals surface area contributed by atoms with E-state index in [0.717, 1.165) is 42.5 Å². The van der Waals surface area contributed by atoms with Gasteiger partial charge in [0, 0.05) is 43.9 Å². The molecule has 0 atom stereocenters. The topological polar surface area (TPSA) is 57.7 Å². The molecule has 2 aromatic rings. The van der Waals surface area contributed by atoms with Crippen molar-refractivity contribution in [2.75, 3.05) is 18.0 Å². The Balaban J connectivity index is 1.73. The molecule has 24 heavy (non-hydrogen) atoms. The quantitative estimate of drug-likeness (QED) is 0.849. The number of nitriles is 1. The van der Waals surface area contributed by atoms with Gasteiger partial charge in [-0.25, -0.2) is 9.97 Å². The van der Waals surface area contributed by atoms with Crippen molar-refractivity contribution < 1.29 is 0 Å². The fourth-order valence-electron chi connectivity index (χ4n) is 3.29. The van der Waals surface area contributed by atoms with Crippen LogP contribution in [0.2, 0.25) is 5.02 Å². The minimum atomic E-state index is 0.421. The molecule has 3 heterocycles. The van der Waals surface area contributed by atoms with Gasteiger partial charge in [0.15, 0.2) is 0 Å². The second-order valence-electron chi connectivity index (χ2n) is 6.81. The van der Waals surface area contributed by atoms with Crippen molar-refractivity contribution in [3.63, 3.8) is 0 Å². The Morgan fingerprint density at radius 3 is 2.71 bits per heavy atom. The molecule has 0 bridgehead atoms. The minimum Gasteiger partial charge on any atom is -0.355 e. The van der Waals surface area contributed by atoms with Gasteiger partial charge in [0.05, 0.1) is 16.3 Å². The molecule has 6 heteroatoms. The summed E-state index contributed by atoms with van der Waals surface area (Å²) >= 11 is 6.23. The lowest BCUT2D eigenvalue weighted by molar-refractivity contribution is 0.348. The van der Waals surface area contributed by atoms with Gasteiger partial charge in [0.25, 0.3) is 0 Å². The highest BCUT2D eigenvalue weighted by atomic mass is 35.5. The first-order chi connectivity index (χ1) is 11.4. The summed E-state index contributed by atoms with van der Waals surface area (Å²) in [5, 5.41) is 10.1. The molecule has 0 N–H and O–H groups in total. The smallest absolute Gasteiger partial charge is 0.147 e. The molecule has 0 unspecified atom stereocenters. The molecule has 5 nitrogen and oxygen atoms in total. The highest BCUT2D eigenvalue weighted by Crippen LogP contribution is 2.33. The first-order valence-electron chi connectivity index (χ1n) is 8.25. The van der Waals surface area contributed by atoms with Crippen LogP contribution in [0.1, 0.15) is 42.4 Å². The highest BCUT2D eigenvalue weighted by molar-refractivity contribution is 6.32. The summed E-state index contributed by atoms with van der Waals surface area (Å²) in [5.41, 5.74) is 2.19. The van der Waals surface area contributed by atoms with Crippen LogP contribution in [0.25, 0.3) is 0 Å². The Morgan fingerprint density at radius 2 is 2.08 bits per heavy atom. The van der Waals surface area contributed by atoms with E-state index in [0.29, 0.717) is 22.4 Å². The average Bonchev–Trinajstić information content (AvgIpc) is 2.96. The van der Waals surface area contributed by atoms with Crippen LogP contribution in [-0.2, 0) is 6.54 Å². The third kappa shape index (κ3) is 2.87. The summed E-state index contributed by atoms with van der Waals surface area (Å²) in [6.07, 6.45) is 3.92. The molecule has 2 aromatic heterocycles. The van der Waals surface area contributed by atoms with Gasteiger partial charge in [-0.3, -0.25) is 0 Å². The number of pyridine rings is 1. The monoisotopic (exact) mass is 343 g/mol. The number of rotatable bonds is 4. The Bertz CT molecular complexity index is 796. The number of halogens is 1. The normalized spacial score (nSPS) is 14.8. The maximum atomic E-state index is 9.47. The third-order valence-electron chi connectivity index (χ3n) is 4.61. The lowest BCUT2D eigenvalue weighted by atomic mass is 9.98. The predicted octanol–water partition coefficient (Wildman–Crippen LogP) is 3.68. The number of imidazole rings is 1. The number of anilines is 1. The SMILES string of the molecule is Cc1nc(N2CC(Cn3ccnc3C(C)C)C2)c(C#N)c(C)c1Cl. The zero-order chi connectivity index (χ0) is 17.4. The molecule has 126 valence electrons. The number of hydrogen-bond acceptors (Lipinski definition) is 4. The van der Waals surface area contributed by atoms with Gasteiger partial charge in [-0.05, 0) is 19.4 Å². The van der Waals surface area contributed by atoms with Crippen LogP contribution < -0.4 is 4.90 Å². The molecule has 0 amide bonds. The van der Waals surface area contributed by atoms with Crippen molar-refractivity contribution in [2.45, 2.75) is 40.2 Å². The molecule has 0 aromatic carbocycles. The molecule has 1 aliphatic rings. The second-order valence-corrected chi connectivity index (χ2v) is 7.19.